The van der Waals surface area contributed by atoms with Crippen LogP contribution in [0.15, 0.2) is 18.2 Å². The number of benzene rings is 1. The lowest BCUT2D eigenvalue weighted by Crippen LogP contribution is -2.39. The molecule has 2 heterocycles. The van der Waals surface area contributed by atoms with E-state index in [-0.39, 0.29) is 17.6 Å². The van der Waals surface area contributed by atoms with Crippen LogP contribution in [0.3, 0.4) is 0 Å². The highest BCUT2D eigenvalue weighted by Crippen LogP contribution is 2.37. The molecule has 0 aliphatic carbocycles. The second-order valence-electron chi connectivity index (χ2n) is 6.96. The van der Waals surface area contributed by atoms with Crippen LogP contribution in [-0.2, 0) is 19.7 Å². The number of ether oxygens (including phenoxy) is 2. The van der Waals surface area contributed by atoms with Gasteiger partial charge in [0.2, 0.25) is 5.91 Å². The van der Waals surface area contributed by atoms with Gasteiger partial charge < -0.3 is 14.8 Å². The SMILES string of the molecule is O=C1CCCC(CCOC2CCCCO2)(c2ccc(Cl)c(Cl)c2)CN1. The lowest BCUT2D eigenvalue weighted by Gasteiger charge is -2.34. The van der Waals surface area contributed by atoms with E-state index < -0.39 is 0 Å². The zero-order valence-electron chi connectivity index (χ0n) is 14.4. The fourth-order valence-electron chi connectivity index (χ4n) is 3.69. The third-order valence-electron chi connectivity index (χ3n) is 5.24. The molecule has 1 N–H and O–H groups in total. The summed E-state index contributed by atoms with van der Waals surface area (Å²) in [6.07, 6.45) is 6.26. The van der Waals surface area contributed by atoms with Gasteiger partial charge in [-0.2, -0.15) is 0 Å². The van der Waals surface area contributed by atoms with Crippen LogP contribution in [0, 0.1) is 0 Å². The molecule has 2 atom stereocenters. The molecule has 1 aromatic carbocycles. The summed E-state index contributed by atoms with van der Waals surface area (Å²) >= 11 is 12.3. The van der Waals surface area contributed by atoms with Crippen LogP contribution in [-0.4, -0.2) is 32.0 Å². The molecular weight excluding hydrogens is 361 g/mol. The van der Waals surface area contributed by atoms with Crippen molar-refractivity contribution in [2.24, 2.45) is 0 Å². The van der Waals surface area contributed by atoms with E-state index in [1.54, 1.807) is 0 Å². The maximum atomic E-state index is 11.8. The zero-order chi connectivity index (χ0) is 17.7. The Morgan fingerprint density at radius 1 is 1.24 bits per heavy atom. The maximum absolute atomic E-state index is 11.8. The van der Waals surface area contributed by atoms with E-state index in [0.29, 0.717) is 29.6 Å². The van der Waals surface area contributed by atoms with Gasteiger partial charge in [0.15, 0.2) is 6.29 Å². The van der Waals surface area contributed by atoms with Gasteiger partial charge in [0.05, 0.1) is 16.7 Å². The molecular formula is C19H25Cl2NO3. The Hall–Kier alpha value is -0.810. The third-order valence-corrected chi connectivity index (χ3v) is 5.98. The minimum absolute atomic E-state index is 0.0972. The molecule has 3 rings (SSSR count). The van der Waals surface area contributed by atoms with E-state index in [2.05, 4.69) is 5.32 Å². The summed E-state index contributed by atoms with van der Waals surface area (Å²) in [6.45, 7) is 1.97. The first-order valence-electron chi connectivity index (χ1n) is 9.04. The van der Waals surface area contributed by atoms with Crippen LogP contribution < -0.4 is 5.32 Å². The summed E-state index contributed by atoms with van der Waals surface area (Å²) in [5.74, 6) is 0.110. The Labute approximate surface area is 159 Å². The fraction of sp³-hybridized carbons (Fsp3) is 0.632. The molecule has 0 radical (unpaired) electrons. The van der Waals surface area contributed by atoms with Gasteiger partial charge >= 0.3 is 0 Å². The number of rotatable bonds is 5. The minimum atomic E-state index is -0.185. The van der Waals surface area contributed by atoms with Crippen molar-refractivity contribution < 1.29 is 14.3 Å². The molecule has 2 fully saturated rings. The van der Waals surface area contributed by atoms with E-state index in [0.717, 1.165) is 50.7 Å². The van der Waals surface area contributed by atoms with Crippen LogP contribution in [0.4, 0.5) is 0 Å². The van der Waals surface area contributed by atoms with Gasteiger partial charge in [-0.05, 0) is 56.2 Å². The summed E-state index contributed by atoms with van der Waals surface area (Å²) in [6, 6.07) is 5.78. The van der Waals surface area contributed by atoms with Crippen LogP contribution in [0.1, 0.15) is 50.5 Å². The number of nitrogens with one attached hydrogen (secondary N) is 1. The molecule has 4 nitrogen and oxygen atoms in total. The van der Waals surface area contributed by atoms with E-state index in [1.165, 1.54) is 0 Å². The lowest BCUT2D eigenvalue weighted by molar-refractivity contribution is -0.164. The predicted molar refractivity (Wildman–Crippen MR) is 99.2 cm³/mol. The summed E-state index contributed by atoms with van der Waals surface area (Å²) in [5.41, 5.74) is 0.923. The van der Waals surface area contributed by atoms with Crippen molar-refractivity contribution in [3.05, 3.63) is 33.8 Å². The van der Waals surface area contributed by atoms with Gasteiger partial charge in [-0.15, -0.1) is 0 Å². The monoisotopic (exact) mass is 385 g/mol. The van der Waals surface area contributed by atoms with Crippen molar-refractivity contribution in [2.75, 3.05) is 19.8 Å². The van der Waals surface area contributed by atoms with Gasteiger partial charge in [-0.25, -0.2) is 0 Å². The lowest BCUT2D eigenvalue weighted by atomic mass is 9.74. The summed E-state index contributed by atoms with van der Waals surface area (Å²) in [4.78, 5) is 11.8. The van der Waals surface area contributed by atoms with Crippen molar-refractivity contribution in [3.63, 3.8) is 0 Å². The third kappa shape index (κ3) is 4.88. The normalized spacial score (nSPS) is 27.6. The molecule has 2 saturated heterocycles. The maximum Gasteiger partial charge on any atom is 0.220 e. The molecule has 2 aliphatic heterocycles. The topological polar surface area (TPSA) is 47.6 Å². The van der Waals surface area contributed by atoms with E-state index in [4.69, 9.17) is 32.7 Å². The van der Waals surface area contributed by atoms with Crippen molar-refractivity contribution in [3.8, 4) is 0 Å². The molecule has 2 unspecified atom stereocenters. The number of hydrogen-bond donors (Lipinski definition) is 1. The Bertz CT molecular complexity index is 604. The predicted octanol–water partition coefficient (Wildman–Crippen LogP) is 4.46. The number of amides is 1. The van der Waals surface area contributed by atoms with Crippen LogP contribution >= 0.6 is 23.2 Å². The molecule has 0 bridgehead atoms. The van der Waals surface area contributed by atoms with Crippen LogP contribution in [0.25, 0.3) is 0 Å². The molecule has 2 aliphatic rings. The highest BCUT2D eigenvalue weighted by Gasteiger charge is 2.35. The van der Waals surface area contributed by atoms with Gasteiger partial charge in [0, 0.05) is 25.0 Å². The average Bonchev–Trinajstić information content (AvgIpc) is 2.81. The van der Waals surface area contributed by atoms with Gasteiger partial charge in [-0.1, -0.05) is 29.3 Å². The quantitative estimate of drug-likeness (QED) is 0.813. The highest BCUT2D eigenvalue weighted by molar-refractivity contribution is 6.42. The van der Waals surface area contributed by atoms with Gasteiger partial charge in [-0.3, -0.25) is 4.79 Å². The first kappa shape index (κ1) is 19.0. The van der Waals surface area contributed by atoms with Gasteiger partial charge in [0.25, 0.3) is 0 Å². The number of carbonyl (C=O) groups excluding carboxylic acids is 1. The second-order valence-corrected chi connectivity index (χ2v) is 7.77. The molecule has 25 heavy (non-hydrogen) atoms. The van der Waals surface area contributed by atoms with Crippen LogP contribution in [0.2, 0.25) is 10.0 Å². The smallest absolute Gasteiger partial charge is 0.220 e. The molecule has 0 saturated carbocycles. The Kier molecular flexibility index (Phi) is 6.61. The summed E-state index contributed by atoms with van der Waals surface area (Å²) in [5, 5.41) is 4.15. The molecule has 138 valence electrons. The number of hydrogen-bond acceptors (Lipinski definition) is 3. The Morgan fingerprint density at radius 3 is 2.88 bits per heavy atom. The minimum Gasteiger partial charge on any atom is -0.355 e. The summed E-state index contributed by atoms with van der Waals surface area (Å²) < 4.78 is 11.6. The zero-order valence-corrected chi connectivity index (χ0v) is 15.9. The van der Waals surface area contributed by atoms with Crippen molar-refractivity contribution in [1.29, 1.82) is 0 Å². The number of carbonyl (C=O) groups is 1. The Morgan fingerprint density at radius 2 is 2.12 bits per heavy atom. The first-order valence-corrected chi connectivity index (χ1v) is 9.80. The average molecular weight is 386 g/mol. The molecule has 1 amide bonds. The largest absolute Gasteiger partial charge is 0.355 e. The van der Waals surface area contributed by atoms with Gasteiger partial charge in [0.1, 0.15) is 0 Å². The molecule has 6 heteroatoms. The van der Waals surface area contributed by atoms with Crippen molar-refractivity contribution in [2.45, 2.75) is 56.7 Å². The molecule has 1 aromatic rings. The highest BCUT2D eigenvalue weighted by atomic mass is 35.5. The first-order chi connectivity index (χ1) is 12.1. The van der Waals surface area contributed by atoms with E-state index in [1.807, 2.05) is 18.2 Å². The second kappa shape index (κ2) is 8.72. The standard InChI is InChI=1S/C19H25Cl2NO3/c20-15-7-6-14(12-16(15)21)19(8-3-4-17(23)22-13-19)9-11-25-18-5-1-2-10-24-18/h6-7,12,18H,1-5,8-11,13H2,(H,22,23). The van der Waals surface area contributed by atoms with Crippen molar-refractivity contribution >= 4 is 29.1 Å². The molecule has 0 spiro atoms. The van der Waals surface area contributed by atoms with Crippen LogP contribution in [0.5, 0.6) is 0 Å². The van der Waals surface area contributed by atoms with Crippen molar-refractivity contribution in [1.82, 2.24) is 5.32 Å². The number of halogens is 2. The van der Waals surface area contributed by atoms with E-state index in [9.17, 15) is 4.79 Å². The summed E-state index contributed by atoms with van der Waals surface area (Å²) in [7, 11) is 0. The Balaban J connectivity index is 1.73. The fourth-order valence-corrected chi connectivity index (χ4v) is 3.99. The van der Waals surface area contributed by atoms with E-state index >= 15 is 0 Å². The molecule has 0 aromatic heterocycles.